The highest BCUT2D eigenvalue weighted by atomic mass is 35.5. The molecule has 0 aliphatic carbocycles. The zero-order chi connectivity index (χ0) is 16.8. The van der Waals surface area contributed by atoms with Crippen molar-refractivity contribution in [1.29, 1.82) is 0 Å². The molecule has 0 radical (unpaired) electrons. The summed E-state index contributed by atoms with van der Waals surface area (Å²) in [5.74, 6) is -0.102. The van der Waals surface area contributed by atoms with Crippen molar-refractivity contribution in [3.05, 3.63) is 40.6 Å². The number of nitrogens with one attached hydrogen (secondary N) is 1. The third kappa shape index (κ3) is 4.56. The lowest BCUT2D eigenvalue weighted by Crippen LogP contribution is -2.31. The van der Waals surface area contributed by atoms with Gasteiger partial charge in [0.25, 0.3) is 0 Å². The molecule has 6 nitrogen and oxygen atoms in total. The summed E-state index contributed by atoms with van der Waals surface area (Å²) >= 11 is 5.95. The van der Waals surface area contributed by atoms with Gasteiger partial charge in [0.05, 0.1) is 25.7 Å². The Morgan fingerprint density at radius 2 is 2.17 bits per heavy atom. The highest BCUT2D eigenvalue weighted by Gasteiger charge is 2.22. The quantitative estimate of drug-likeness (QED) is 0.833. The van der Waals surface area contributed by atoms with Gasteiger partial charge in [0.15, 0.2) is 6.04 Å². The van der Waals surface area contributed by atoms with Crippen LogP contribution in [-0.2, 0) is 20.7 Å². The first-order valence-electron chi connectivity index (χ1n) is 6.96. The lowest BCUT2D eigenvalue weighted by atomic mass is 10.1. The molecule has 0 aromatic heterocycles. The fraction of sp³-hybridized carbons (Fsp3) is 0.312. The number of methoxy groups -OCH3 is 2. The average molecular weight is 337 g/mol. The minimum absolute atomic E-state index is 0.172. The summed E-state index contributed by atoms with van der Waals surface area (Å²) in [6.45, 7) is 0. The SMILES string of the molecule is COC(=O)C1CC(NC(=O)Cc2ccc(Cl)c(OC)c2)=CC=N1. The molecular weight excluding hydrogens is 320 g/mol. The van der Waals surface area contributed by atoms with E-state index in [4.69, 9.17) is 16.3 Å². The third-order valence-electron chi connectivity index (χ3n) is 3.31. The number of nitrogens with zero attached hydrogens (tertiary/aromatic N) is 1. The van der Waals surface area contributed by atoms with Crippen LogP contribution in [0.4, 0.5) is 0 Å². The molecule has 1 amide bonds. The van der Waals surface area contributed by atoms with Crippen LogP contribution >= 0.6 is 11.6 Å². The number of halogens is 1. The van der Waals surface area contributed by atoms with Gasteiger partial charge in [0, 0.05) is 18.3 Å². The van der Waals surface area contributed by atoms with E-state index in [1.165, 1.54) is 20.4 Å². The molecule has 7 heteroatoms. The molecular formula is C16H17ClN2O4. The van der Waals surface area contributed by atoms with Gasteiger partial charge in [-0.25, -0.2) is 4.79 Å². The monoisotopic (exact) mass is 336 g/mol. The molecule has 0 saturated carbocycles. The number of rotatable bonds is 5. The number of esters is 1. The number of hydrogen-bond acceptors (Lipinski definition) is 5. The highest BCUT2D eigenvalue weighted by Crippen LogP contribution is 2.25. The normalized spacial score (nSPS) is 16.5. The van der Waals surface area contributed by atoms with Gasteiger partial charge in [-0.05, 0) is 23.8 Å². The second kappa shape index (κ2) is 7.78. The molecule has 1 atom stereocenters. The van der Waals surface area contributed by atoms with Crippen LogP contribution in [0.5, 0.6) is 5.75 Å². The van der Waals surface area contributed by atoms with Gasteiger partial charge >= 0.3 is 5.97 Å². The van der Waals surface area contributed by atoms with Crippen molar-refractivity contribution in [2.24, 2.45) is 4.99 Å². The fourth-order valence-corrected chi connectivity index (χ4v) is 2.36. The lowest BCUT2D eigenvalue weighted by molar-refractivity contribution is -0.142. The number of carbonyl (C=O) groups is 2. The second-order valence-corrected chi connectivity index (χ2v) is 5.33. The zero-order valence-corrected chi connectivity index (χ0v) is 13.6. The Morgan fingerprint density at radius 3 is 2.87 bits per heavy atom. The van der Waals surface area contributed by atoms with Crippen LogP contribution in [-0.4, -0.2) is 38.4 Å². The van der Waals surface area contributed by atoms with Crippen LogP contribution in [0.25, 0.3) is 0 Å². The molecule has 0 fully saturated rings. The maximum atomic E-state index is 12.1. The Balaban J connectivity index is 1.96. The van der Waals surface area contributed by atoms with E-state index in [9.17, 15) is 9.59 Å². The van der Waals surface area contributed by atoms with Crippen molar-refractivity contribution in [3.63, 3.8) is 0 Å². The number of benzene rings is 1. The molecule has 0 bridgehead atoms. The first-order chi connectivity index (χ1) is 11.0. The lowest BCUT2D eigenvalue weighted by Gasteiger charge is -2.17. The molecule has 1 unspecified atom stereocenters. The summed E-state index contributed by atoms with van der Waals surface area (Å²) in [7, 11) is 2.83. The summed E-state index contributed by atoms with van der Waals surface area (Å²) in [4.78, 5) is 27.6. The van der Waals surface area contributed by atoms with Gasteiger partial charge in [-0.3, -0.25) is 9.79 Å². The van der Waals surface area contributed by atoms with Gasteiger partial charge in [0.1, 0.15) is 5.75 Å². The molecule has 122 valence electrons. The van der Waals surface area contributed by atoms with Gasteiger partial charge < -0.3 is 14.8 Å². The van der Waals surface area contributed by atoms with E-state index < -0.39 is 12.0 Å². The standard InChI is InChI=1S/C16H17ClN2O4/c1-22-14-7-10(3-4-12(14)17)8-15(20)19-11-5-6-18-13(9-11)16(21)23-2/h3-7,13H,8-9H2,1-2H3,(H,19,20). The molecule has 1 N–H and O–H groups in total. The molecule has 23 heavy (non-hydrogen) atoms. The Hall–Kier alpha value is -2.34. The summed E-state index contributed by atoms with van der Waals surface area (Å²) in [6.07, 6.45) is 3.63. The molecule has 1 aliphatic heterocycles. The Labute approximate surface area is 139 Å². The topological polar surface area (TPSA) is 77.0 Å². The number of allylic oxidation sites excluding steroid dienone is 1. The molecule has 1 aliphatic rings. The number of ether oxygens (including phenoxy) is 2. The zero-order valence-electron chi connectivity index (χ0n) is 12.8. The van der Waals surface area contributed by atoms with Crippen molar-refractivity contribution in [1.82, 2.24) is 5.32 Å². The Bertz CT molecular complexity index is 670. The summed E-state index contributed by atoms with van der Waals surface area (Å²) in [5, 5.41) is 3.27. The van der Waals surface area contributed by atoms with E-state index in [0.29, 0.717) is 22.9 Å². The molecule has 1 aromatic rings. The molecule has 1 heterocycles. The molecule has 1 aromatic carbocycles. The van der Waals surface area contributed by atoms with Gasteiger partial charge in [0.2, 0.25) is 5.91 Å². The van der Waals surface area contributed by atoms with E-state index in [1.54, 1.807) is 24.3 Å². The van der Waals surface area contributed by atoms with Crippen LogP contribution in [0.2, 0.25) is 5.02 Å². The van der Waals surface area contributed by atoms with E-state index in [2.05, 4.69) is 15.0 Å². The van der Waals surface area contributed by atoms with Crippen LogP contribution in [0, 0.1) is 0 Å². The largest absolute Gasteiger partial charge is 0.495 e. The Morgan fingerprint density at radius 1 is 1.39 bits per heavy atom. The predicted octanol–water partition coefficient (Wildman–Crippen LogP) is 1.91. The van der Waals surface area contributed by atoms with Crippen molar-refractivity contribution in [3.8, 4) is 5.75 Å². The van der Waals surface area contributed by atoms with E-state index in [-0.39, 0.29) is 12.3 Å². The van der Waals surface area contributed by atoms with Crippen molar-refractivity contribution in [2.45, 2.75) is 18.9 Å². The summed E-state index contributed by atoms with van der Waals surface area (Å²) in [5.41, 5.74) is 1.40. The summed E-state index contributed by atoms with van der Waals surface area (Å²) in [6, 6.07) is 4.55. The van der Waals surface area contributed by atoms with Gasteiger partial charge in [-0.15, -0.1) is 0 Å². The number of carbonyl (C=O) groups excluding carboxylic acids is 2. The number of aliphatic imine (C=N–C) groups is 1. The molecule has 0 saturated heterocycles. The van der Waals surface area contributed by atoms with Crippen molar-refractivity contribution >= 4 is 29.7 Å². The number of hydrogen-bond donors (Lipinski definition) is 1. The number of amides is 1. The first kappa shape index (κ1) is 17.0. The van der Waals surface area contributed by atoms with Crippen LogP contribution < -0.4 is 10.1 Å². The Kier molecular flexibility index (Phi) is 5.76. The minimum Gasteiger partial charge on any atom is -0.495 e. The smallest absolute Gasteiger partial charge is 0.330 e. The maximum absolute atomic E-state index is 12.1. The third-order valence-corrected chi connectivity index (χ3v) is 3.62. The van der Waals surface area contributed by atoms with E-state index in [0.717, 1.165) is 5.56 Å². The van der Waals surface area contributed by atoms with Crippen LogP contribution in [0.15, 0.2) is 35.0 Å². The van der Waals surface area contributed by atoms with Crippen molar-refractivity contribution < 1.29 is 19.1 Å². The summed E-state index contributed by atoms with van der Waals surface area (Å²) < 4.78 is 9.78. The van der Waals surface area contributed by atoms with Crippen LogP contribution in [0.1, 0.15) is 12.0 Å². The average Bonchev–Trinajstić information content (AvgIpc) is 2.56. The first-order valence-corrected chi connectivity index (χ1v) is 7.33. The fourth-order valence-electron chi connectivity index (χ4n) is 2.16. The van der Waals surface area contributed by atoms with Gasteiger partial charge in [-0.1, -0.05) is 17.7 Å². The maximum Gasteiger partial charge on any atom is 0.330 e. The minimum atomic E-state index is -0.615. The van der Waals surface area contributed by atoms with E-state index >= 15 is 0 Å². The molecule has 2 rings (SSSR count). The molecule has 0 spiro atoms. The van der Waals surface area contributed by atoms with E-state index in [1.807, 2.05) is 0 Å². The highest BCUT2D eigenvalue weighted by molar-refractivity contribution is 6.32. The van der Waals surface area contributed by atoms with Crippen LogP contribution in [0.3, 0.4) is 0 Å². The number of dihydropyridines is 1. The second-order valence-electron chi connectivity index (χ2n) is 4.93. The van der Waals surface area contributed by atoms with Crippen molar-refractivity contribution in [2.75, 3.05) is 14.2 Å². The predicted molar refractivity (Wildman–Crippen MR) is 86.8 cm³/mol. The van der Waals surface area contributed by atoms with Gasteiger partial charge in [-0.2, -0.15) is 0 Å².